The van der Waals surface area contributed by atoms with Crippen LogP contribution in [0.1, 0.15) is 34.2 Å². The van der Waals surface area contributed by atoms with E-state index in [9.17, 15) is 9.59 Å². The Balaban J connectivity index is 1.97. The number of nitrogens with one attached hydrogen (secondary N) is 4. The van der Waals surface area contributed by atoms with E-state index in [0.29, 0.717) is 17.7 Å². The van der Waals surface area contributed by atoms with Gasteiger partial charge in [-0.1, -0.05) is 6.07 Å². The largest absolute Gasteiger partial charge is 0.355 e. The van der Waals surface area contributed by atoms with Gasteiger partial charge in [-0.25, -0.2) is 4.79 Å². The fourth-order valence-electron chi connectivity index (χ4n) is 2.37. The molecule has 0 unspecified atom stereocenters. The second-order valence-electron chi connectivity index (χ2n) is 5.85. The Morgan fingerprint density at radius 3 is 2.62 bits per heavy atom. The van der Waals surface area contributed by atoms with Crippen molar-refractivity contribution in [3.8, 4) is 0 Å². The third-order valence-corrected chi connectivity index (χ3v) is 3.63. The molecule has 0 fully saturated rings. The van der Waals surface area contributed by atoms with Gasteiger partial charge in [0.15, 0.2) is 0 Å². The average Bonchev–Trinajstić information content (AvgIpc) is 2.93. The van der Waals surface area contributed by atoms with Crippen LogP contribution in [0.25, 0.3) is 0 Å². The van der Waals surface area contributed by atoms with Gasteiger partial charge in [0, 0.05) is 36.5 Å². The molecule has 0 radical (unpaired) electrons. The number of urea groups is 1. The lowest BCUT2D eigenvalue weighted by molar-refractivity contribution is 0.0963. The number of carbonyl (C=O) groups is 2. The SMILES string of the molecule is CNC(=O)c1ccc(C)c(NC(=O)N[C@H](C)Cc2cc(C)[nH]n2)c1. The number of hydrogen-bond acceptors (Lipinski definition) is 3. The standard InChI is InChI=1S/C17H23N5O2/c1-10-5-6-13(16(23)18-4)9-15(10)20-17(24)19-11(2)7-14-8-12(3)21-22-14/h5-6,8-9,11H,7H2,1-4H3,(H,18,23)(H,21,22)(H2,19,20,24)/t11-/m1/s1. The number of nitrogens with zero attached hydrogens (tertiary/aromatic N) is 1. The molecule has 7 nitrogen and oxygen atoms in total. The van der Waals surface area contributed by atoms with Crippen LogP contribution in [0.5, 0.6) is 0 Å². The molecule has 0 aliphatic heterocycles. The van der Waals surface area contributed by atoms with Crippen molar-refractivity contribution in [1.29, 1.82) is 0 Å². The Hall–Kier alpha value is -2.83. The second-order valence-corrected chi connectivity index (χ2v) is 5.85. The molecule has 0 aliphatic rings. The first-order valence-electron chi connectivity index (χ1n) is 7.80. The van der Waals surface area contributed by atoms with Crippen molar-refractivity contribution in [1.82, 2.24) is 20.8 Å². The van der Waals surface area contributed by atoms with Crippen molar-refractivity contribution in [2.45, 2.75) is 33.2 Å². The van der Waals surface area contributed by atoms with Crippen LogP contribution in [-0.4, -0.2) is 35.2 Å². The van der Waals surface area contributed by atoms with Crippen molar-refractivity contribution in [2.75, 3.05) is 12.4 Å². The van der Waals surface area contributed by atoms with Crippen molar-refractivity contribution < 1.29 is 9.59 Å². The monoisotopic (exact) mass is 329 g/mol. The van der Waals surface area contributed by atoms with E-state index in [-0.39, 0.29) is 18.0 Å². The molecule has 7 heteroatoms. The van der Waals surface area contributed by atoms with Crippen LogP contribution >= 0.6 is 0 Å². The molecule has 1 heterocycles. The zero-order valence-electron chi connectivity index (χ0n) is 14.4. The van der Waals surface area contributed by atoms with E-state index in [1.165, 1.54) is 0 Å². The van der Waals surface area contributed by atoms with Gasteiger partial charge in [0.1, 0.15) is 0 Å². The van der Waals surface area contributed by atoms with Crippen LogP contribution in [0.4, 0.5) is 10.5 Å². The molecule has 4 N–H and O–H groups in total. The van der Waals surface area contributed by atoms with E-state index in [4.69, 9.17) is 0 Å². The van der Waals surface area contributed by atoms with E-state index >= 15 is 0 Å². The molecule has 128 valence electrons. The summed E-state index contributed by atoms with van der Waals surface area (Å²) < 4.78 is 0. The van der Waals surface area contributed by atoms with Gasteiger partial charge in [-0.2, -0.15) is 5.10 Å². The molecule has 24 heavy (non-hydrogen) atoms. The summed E-state index contributed by atoms with van der Waals surface area (Å²) in [5.41, 5.74) is 3.88. The average molecular weight is 329 g/mol. The maximum Gasteiger partial charge on any atom is 0.319 e. The number of carbonyl (C=O) groups excluding carboxylic acids is 2. The molecule has 0 aliphatic carbocycles. The number of H-pyrrole nitrogens is 1. The minimum absolute atomic E-state index is 0.0740. The van der Waals surface area contributed by atoms with Gasteiger partial charge < -0.3 is 16.0 Å². The fraction of sp³-hybridized carbons (Fsp3) is 0.353. The molecule has 2 aromatic rings. The molecular formula is C17H23N5O2. The van der Waals surface area contributed by atoms with Crippen molar-refractivity contribution >= 4 is 17.6 Å². The zero-order valence-corrected chi connectivity index (χ0v) is 14.4. The molecule has 0 saturated heterocycles. The molecular weight excluding hydrogens is 306 g/mol. The second kappa shape index (κ2) is 7.63. The van der Waals surface area contributed by atoms with E-state index < -0.39 is 0 Å². The number of aromatic amines is 1. The summed E-state index contributed by atoms with van der Waals surface area (Å²) in [4.78, 5) is 23.9. The maximum absolute atomic E-state index is 12.2. The Morgan fingerprint density at radius 1 is 1.25 bits per heavy atom. The first kappa shape index (κ1) is 17.5. The van der Waals surface area contributed by atoms with E-state index in [1.807, 2.05) is 26.8 Å². The minimum atomic E-state index is -0.313. The summed E-state index contributed by atoms with van der Waals surface area (Å²) in [5, 5.41) is 15.3. The predicted molar refractivity (Wildman–Crippen MR) is 93.2 cm³/mol. The van der Waals surface area contributed by atoms with Crippen LogP contribution < -0.4 is 16.0 Å². The summed E-state index contributed by atoms with van der Waals surface area (Å²) in [6.07, 6.45) is 0.634. The van der Waals surface area contributed by atoms with Gasteiger partial charge in [0.05, 0.1) is 5.69 Å². The molecule has 1 aromatic heterocycles. The molecule has 0 saturated carbocycles. The number of amides is 3. The Bertz CT molecular complexity index is 738. The third-order valence-electron chi connectivity index (χ3n) is 3.63. The van der Waals surface area contributed by atoms with Crippen molar-refractivity contribution in [2.24, 2.45) is 0 Å². The fourth-order valence-corrected chi connectivity index (χ4v) is 2.37. The molecule has 1 aromatic carbocycles. The van der Waals surface area contributed by atoms with Crippen LogP contribution in [-0.2, 0) is 6.42 Å². The highest BCUT2D eigenvalue weighted by molar-refractivity contribution is 5.97. The summed E-state index contributed by atoms with van der Waals surface area (Å²) in [6, 6.07) is 6.75. The van der Waals surface area contributed by atoms with Gasteiger partial charge in [0.25, 0.3) is 5.91 Å². The highest BCUT2D eigenvalue weighted by Gasteiger charge is 2.12. The van der Waals surface area contributed by atoms with Gasteiger partial charge in [-0.3, -0.25) is 9.89 Å². The number of rotatable bonds is 5. The molecule has 0 bridgehead atoms. The predicted octanol–water partition coefficient (Wildman–Crippen LogP) is 2.14. The van der Waals surface area contributed by atoms with Crippen molar-refractivity contribution in [3.63, 3.8) is 0 Å². The number of benzene rings is 1. The van der Waals surface area contributed by atoms with Crippen LogP contribution in [0, 0.1) is 13.8 Å². The van der Waals surface area contributed by atoms with Crippen LogP contribution in [0.3, 0.4) is 0 Å². The quantitative estimate of drug-likeness (QED) is 0.676. The maximum atomic E-state index is 12.2. The number of hydrogen-bond donors (Lipinski definition) is 4. The molecule has 0 spiro atoms. The molecule has 1 atom stereocenters. The van der Waals surface area contributed by atoms with Crippen molar-refractivity contribution in [3.05, 3.63) is 46.8 Å². The molecule has 2 rings (SSSR count). The lowest BCUT2D eigenvalue weighted by Crippen LogP contribution is -2.37. The summed E-state index contributed by atoms with van der Waals surface area (Å²) in [6.45, 7) is 5.72. The first-order valence-corrected chi connectivity index (χ1v) is 7.80. The summed E-state index contributed by atoms with van der Waals surface area (Å²) >= 11 is 0. The van der Waals surface area contributed by atoms with E-state index in [0.717, 1.165) is 17.0 Å². The van der Waals surface area contributed by atoms with Gasteiger partial charge in [-0.15, -0.1) is 0 Å². The molecule has 3 amide bonds. The number of aryl methyl sites for hydroxylation is 2. The smallest absolute Gasteiger partial charge is 0.319 e. The number of anilines is 1. The number of aromatic nitrogens is 2. The first-order chi connectivity index (χ1) is 11.4. The Morgan fingerprint density at radius 2 is 2.00 bits per heavy atom. The highest BCUT2D eigenvalue weighted by Crippen LogP contribution is 2.17. The topological polar surface area (TPSA) is 98.9 Å². The highest BCUT2D eigenvalue weighted by atomic mass is 16.2. The third kappa shape index (κ3) is 4.58. The lowest BCUT2D eigenvalue weighted by atomic mass is 10.1. The van der Waals surface area contributed by atoms with Gasteiger partial charge >= 0.3 is 6.03 Å². The zero-order chi connectivity index (χ0) is 17.7. The van der Waals surface area contributed by atoms with Crippen LogP contribution in [0.15, 0.2) is 24.3 Å². The van der Waals surface area contributed by atoms with E-state index in [2.05, 4.69) is 26.1 Å². The lowest BCUT2D eigenvalue weighted by Gasteiger charge is -2.15. The Labute approximate surface area is 141 Å². The summed E-state index contributed by atoms with van der Waals surface area (Å²) in [5.74, 6) is -0.194. The minimum Gasteiger partial charge on any atom is -0.355 e. The van der Waals surface area contributed by atoms with Gasteiger partial charge in [0.2, 0.25) is 0 Å². The Kier molecular flexibility index (Phi) is 5.57. The van der Waals surface area contributed by atoms with Gasteiger partial charge in [-0.05, 0) is 44.5 Å². The van der Waals surface area contributed by atoms with E-state index in [1.54, 1.807) is 25.2 Å². The normalized spacial score (nSPS) is 11.7. The van der Waals surface area contributed by atoms with Crippen LogP contribution in [0.2, 0.25) is 0 Å². The summed E-state index contributed by atoms with van der Waals surface area (Å²) in [7, 11) is 1.57.